The fourth-order valence-electron chi connectivity index (χ4n) is 2.35. The number of para-hydroxylation sites is 1. The molecule has 0 saturated heterocycles. The predicted molar refractivity (Wildman–Crippen MR) is 96.6 cm³/mol. The van der Waals surface area contributed by atoms with Crippen LogP contribution in [0.4, 0.5) is 0 Å². The Bertz CT molecular complexity index is 639. The van der Waals surface area contributed by atoms with Gasteiger partial charge in [0, 0.05) is 29.2 Å². The van der Waals surface area contributed by atoms with Crippen molar-refractivity contribution in [2.24, 2.45) is 0 Å². The number of fused-ring (bicyclic) bond motifs is 1. The fraction of sp³-hybridized carbons (Fsp3) is 0.300. The van der Waals surface area contributed by atoms with Crippen LogP contribution < -0.4 is 0 Å². The number of rotatable bonds is 4. The molecule has 0 spiro atoms. The van der Waals surface area contributed by atoms with E-state index in [1.807, 2.05) is 20.8 Å². The van der Waals surface area contributed by atoms with Crippen molar-refractivity contribution in [1.29, 1.82) is 0 Å². The quantitative estimate of drug-likeness (QED) is 0.586. The third kappa shape index (κ3) is 3.98. The second-order valence-electron chi connectivity index (χ2n) is 4.49. The van der Waals surface area contributed by atoms with Gasteiger partial charge in [-0.1, -0.05) is 62.4 Å². The van der Waals surface area contributed by atoms with Gasteiger partial charge in [-0.25, -0.2) is 0 Å². The summed E-state index contributed by atoms with van der Waals surface area (Å²) in [7, 11) is 0. The summed E-state index contributed by atoms with van der Waals surface area (Å²) in [6, 6.07) is 8.59. The lowest BCUT2D eigenvalue weighted by Crippen LogP contribution is -1.89. The summed E-state index contributed by atoms with van der Waals surface area (Å²) in [5.41, 5.74) is 3.86. The van der Waals surface area contributed by atoms with Gasteiger partial charge in [0.05, 0.1) is 0 Å². The zero-order valence-corrected chi connectivity index (χ0v) is 13.9. The number of aromatic nitrogens is 1. The third-order valence-electron chi connectivity index (χ3n) is 3.25. The van der Waals surface area contributed by atoms with Gasteiger partial charge in [0.15, 0.2) is 0 Å². The molecule has 2 aromatic rings. The number of aryl methyl sites for hydroxylation is 1. The van der Waals surface area contributed by atoms with Crippen LogP contribution in [-0.4, -0.2) is 4.57 Å². The van der Waals surface area contributed by atoms with Crippen LogP contribution in [0.3, 0.4) is 0 Å². The van der Waals surface area contributed by atoms with E-state index >= 15 is 0 Å². The number of benzene rings is 1. The first-order valence-corrected chi connectivity index (χ1v) is 7.85. The Morgan fingerprint density at radius 2 is 1.81 bits per heavy atom. The molecule has 0 N–H and O–H groups in total. The molecule has 1 aromatic carbocycles. The van der Waals surface area contributed by atoms with E-state index in [2.05, 4.69) is 79.3 Å². The Balaban J connectivity index is 0.00000106. The van der Waals surface area contributed by atoms with E-state index < -0.39 is 0 Å². The van der Waals surface area contributed by atoms with Gasteiger partial charge in [0.25, 0.3) is 0 Å². The van der Waals surface area contributed by atoms with E-state index in [1.54, 1.807) is 0 Å². The summed E-state index contributed by atoms with van der Waals surface area (Å²) < 4.78 is 2.30. The van der Waals surface area contributed by atoms with E-state index in [4.69, 9.17) is 0 Å². The normalized spacial score (nSPS) is 12.1. The molecule has 21 heavy (non-hydrogen) atoms. The molecule has 0 aliphatic heterocycles. The molecule has 0 radical (unpaired) electrons. The van der Waals surface area contributed by atoms with E-state index in [0.717, 1.165) is 6.54 Å². The lowest BCUT2D eigenvalue weighted by molar-refractivity contribution is 0.797. The van der Waals surface area contributed by atoms with Crippen LogP contribution >= 0.6 is 0 Å². The maximum absolute atomic E-state index is 2.30. The van der Waals surface area contributed by atoms with Crippen LogP contribution in [0, 0.1) is 0 Å². The van der Waals surface area contributed by atoms with Gasteiger partial charge in [-0.05, 0) is 32.4 Å². The topological polar surface area (TPSA) is 4.93 Å². The van der Waals surface area contributed by atoms with E-state index in [1.165, 1.54) is 22.0 Å². The minimum Gasteiger partial charge on any atom is -0.347 e. The second kappa shape index (κ2) is 9.02. The number of nitrogens with zero attached hydrogens (tertiary/aromatic N) is 1. The highest BCUT2D eigenvalue weighted by Crippen LogP contribution is 2.28. The van der Waals surface area contributed by atoms with E-state index in [9.17, 15) is 0 Å². The third-order valence-corrected chi connectivity index (χ3v) is 3.25. The highest BCUT2D eigenvalue weighted by atomic mass is 14.9. The van der Waals surface area contributed by atoms with Crippen molar-refractivity contribution in [1.82, 2.24) is 4.57 Å². The smallest absolute Gasteiger partial charge is 0.0486 e. The Hall–Kier alpha value is -2.02. The second-order valence-corrected chi connectivity index (χ2v) is 4.49. The highest BCUT2D eigenvalue weighted by Gasteiger charge is 2.08. The summed E-state index contributed by atoms with van der Waals surface area (Å²) in [5.74, 6) is 0. The van der Waals surface area contributed by atoms with Crippen LogP contribution in [0.1, 0.15) is 40.2 Å². The molecule has 0 atom stereocenters. The molecule has 112 valence electrons. The molecule has 0 aliphatic carbocycles. The van der Waals surface area contributed by atoms with Gasteiger partial charge in [0.1, 0.15) is 0 Å². The number of hydrogen-bond acceptors (Lipinski definition) is 0. The molecule has 0 bridgehead atoms. The van der Waals surface area contributed by atoms with Gasteiger partial charge in [0.2, 0.25) is 0 Å². The fourth-order valence-corrected chi connectivity index (χ4v) is 2.35. The van der Waals surface area contributed by atoms with Crippen molar-refractivity contribution in [3.8, 4) is 0 Å². The molecular weight excluding hydrogens is 254 g/mol. The zero-order valence-electron chi connectivity index (χ0n) is 13.9. The van der Waals surface area contributed by atoms with Gasteiger partial charge in [-0.3, -0.25) is 0 Å². The Kier molecular flexibility index (Phi) is 7.31. The minimum absolute atomic E-state index is 0.993. The van der Waals surface area contributed by atoms with E-state index in [0.29, 0.717) is 0 Å². The van der Waals surface area contributed by atoms with Crippen molar-refractivity contribution < 1.29 is 0 Å². The van der Waals surface area contributed by atoms with Crippen molar-refractivity contribution in [3.63, 3.8) is 0 Å². The molecule has 0 amide bonds. The van der Waals surface area contributed by atoms with Crippen molar-refractivity contribution in [2.45, 2.75) is 41.2 Å². The Labute approximate surface area is 129 Å². The average Bonchev–Trinajstić information content (AvgIpc) is 2.92. The Morgan fingerprint density at radius 3 is 2.43 bits per heavy atom. The molecule has 1 aromatic heterocycles. The summed E-state index contributed by atoms with van der Waals surface area (Å²) in [4.78, 5) is 0. The average molecular weight is 281 g/mol. The lowest BCUT2D eigenvalue weighted by Gasteiger charge is -1.99. The van der Waals surface area contributed by atoms with Crippen LogP contribution in [0.25, 0.3) is 16.5 Å². The van der Waals surface area contributed by atoms with Crippen molar-refractivity contribution >= 4 is 16.5 Å². The first kappa shape index (κ1) is 17.0. The molecule has 0 saturated carbocycles. The van der Waals surface area contributed by atoms with Gasteiger partial charge < -0.3 is 4.57 Å². The first-order valence-electron chi connectivity index (χ1n) is 7.85. The van der Waals surface area contributed by atoms with Crippen LogP contribution in [0.15, 0.2) is 60.8 Å². The number of hydrogen-bond donors (Lipinski definition) is 0. The molecule has 1 nitrogen and oxygen atoms in total. The molecule has 2 rings (SSSR count). The lowest BCUT2D eigenvalue weighted by atomic mass is 10.0. The van der Waals surface area contributed by atoms with Crippen molar-refractivity contribution in [3.05, 3.63) is 66.4 Å². The summed E-state index contributed by atoms with van der Waals surface area (Å²) in [6.07, 6.45) is 12.8. The standard InChI is InChI=1S/C18H21N.C2H6/c1-4-7-11-15(10-5-2)17-14-19(6-3)18-13-9-8-12-16(17)18;1-2/h4-5,7-14H,6H2,1-3H3;1-2H3/b7-4-,10-5-,15-11+;. The summed E-state index contributed by atoms with van der Waals surface area (Å²) in [6.45, 7) is 11.3. The maximum Gasteiger partial charge on any atom is 0.0486 e. The SMILES string of the molecule is CC.C\C=C/C=C(\C=C/C)c1cn(CC)c2ccccc12. The van der Waals surface area contributed by atoms with E-state index in [-0.39, 0.29) is 0 Å². The Morgan fingerprint density at radius 1 is 1.10 bits per heavy atom. The maximum atomic E-state index is 2.30. The predicted octanol–water partition coefficient (Wildman–Crippen LogP) is 6.22. The summed E-state index contributed by atoms with van der Waals surface area (Å²) in [5, 5.41) is 1.32. The molecule has 0 unspecified atom stereocenters. The van der Waals surface area contributed by atoms with Crippen molar-refractivity contribution in [2.75, 3.05) is 0 Å². The van der Waals surface area contributed by atoms with Crippen LogP contribution in [-0.2, 0) is 6.54 Å². The highest BCUT2D eigenvalue weighted by molar-refractivity contribution is 5.95. The zero-order chi connectivity index (χ0) is 15.7. The van der Waals surface area contributed by atoms with Gasteiger partial charge >= 0.3 is 0 Å². The summed E-state index contributed by atoms with van der Waals surface area (Å²) >= 11 is 0. The monoisotopic (exact) mass is 281 g/mol. The van der Waals surface area contributed by atoms with Gasteiger partial charge in [-0.2, -0.15) is 0 Å². The van der Waals surface area contributed by atoms with Crippen LogP contribution in [0.2, 0.25) is 0 Å². The van der Waals surface area contributed by atoms with Crippen LogP contribution in [0.5, 0.6) is 0 Å². The minimum atomic E-state index is 0.993. The molecule has 1 heterocycles. The number of allylic oxidation sites excluding steroid dienone is 6. The largest absolute Gasteiger partial charge is 0.347 e. The van der Waals surface area contributed by atoms with Gasteiger partial charge in [-0.15, -0.1) is 0 Å². The molecule has 0 fully saturated rings. The first-order chi connectivity index (χ1) is 10.3. The molecule has 1 heteroatoms. The molecule has 0 aliphatic rings. The molecular formula is C20H27N.